The quantitative estimate of drug-likeness (QED) is 0.757. The Labute approximate surface area is 100 Å². The summed E-state index contributed by atoms with van der Waals surface area (Å²) < 4.78 is 1.86. The van der Waals surface area contributed by atoms with Crippen molar-refractivity contribution in [3.05, 3.63) is 42.0 Å². The molecule has 0 amide bonds. The zero-order chi connectivity index (χ0) is 12.1. The highest BCUT2D eigenvalue weighted by atomic mass is 16.3. The Morgan fingerprint density at radius 2 is 2.29 bits per heavy atom. The lowest BCUT2D eigenvalue weighted by Crippen LogP contribution is -2.20. The first-order chi connectivity index (χ1) is 8.25. The van der Waals surface area contributed by atoms with Gasteiger partial charge in [0.15, 0.2) is 0 Å². The lowest BCUT2D eigenvalue weighted by molar-refractivity contribution is 0.456. The zero-order valence-corrected chi connectivity index (χ0v) is 9.80. The van der Waals surface area contributed by atoms with E-state index in [-0.39, 0.29) is 5.75 Å². The third-order valence-electron chi connectivity index (χ3n) is 2.46. The first kappa shape index (κ1) is 11.6. The van der Waals surface area contributed by atoms with Crippen molar-refractivity contribution in [2.24, 2.45) is 0 Å². The average molecular weight is 232 g/mol. The second-order valence-corrected chi connectivity index (χ2v) is 3.86. The number of pyridine rings is 1. The smallest absolute Gasteiger partial charge is 0.138 e. The van der Waals surface area contributed by atoms with Crippen LogP contribution >= 0.6 is 0 Å². The topological polar surface area (TPSA) is 63.0 Å². The molecular formula is C12H16N4O. The molecule has 0 spiro atoms. The summed E-state index contributed by atoms with van der Waals surface area (Å²) in [7, 11) is 0. The van der Waals surface area contributed by atoms with Gasteiger partial charge in [0, 0.05) is 31.2 Å². The van der Waals surface area contributed by atoms with Gasteiger partial charge in [-0.3, -0.25) is 9.67 Å². The highest BCUT2D eigenvalue weighted by Crippen LogP contribution is 2.13. The van der Waals surface area contributed by atoms with Crippen molar-refractivity contribution in [2.45, 2.75) is 20.0 Å². The lowest BCUT2D eigenvalue weighted by atomic mass is 10.3. The van der Waals surface area contributed by atoms with Crippen LogP contribution < -0.4 is 5.32 Å². The number of nitrogens with one attached hydrogen (secondary N) is 1. The molecule has 0 aromatic carbocycles. The second-order valence-electron chi connectivity index (χ2n) is 3.86. The molecule has 2 aromatic rings. The van der Waals surface area contributed by atoms with Crippen molar-refractivity contribution in [1.29, 1.82) is 0 Å². The molecule has 0 atom stereocenters. The predicted octanol–water partition coefficient (Wildman–Crippen LogP) is 1.08. The van der Waals surface area contributed by atoms with Gasteiger partial charge in [-0.2, -0.15) is 5.10 Å². The standard InChI is InChI=1S/C12H16N4O/c1-10-3-4-12(17)11(15-10)9-13-6-8-16-7-2-5-14-16/h2-5,7,13,17H,6,8-9H2,1H3. The molecule has 2 aromatic heterocycles. The molecular weight excluding hydrogens is 216 g/mol. The normalized spacial score (nSPS) is 10.6. The molecule has 0 aliphatic carbocycles. The van der Waals surface area contributed by atoms with Gasteiger partial charge in [-0.15, -0.1) is 0 Å². The highest BCUT2D eigenvalue weighted by molar-refractivity contribution is 5.27. The van der Waals surface area contributed by atoms with Gasteiger partial charge >= 0.3 is 0 Å². The molecule has 0 saturated carbocycles. The maximum atomic E-state index is 9.60. The Morgan fingerprint density at radius 1 is 1.41 bits per heavy atom. The molecule has 5 heteroatoms. The maximum absolute atomic E-state index is 9.60. The number of aromatic hydroxyl groups is 1. The van der Waals surface area contributed by atoms with E-state index < -0.39 is 0 Å². The third kappa shape index (κ3) is 3.29. The molecule has 2 N–H and O–H groups in total. The molecule has 0 bridgehead atoms. The van der Waals surface area contributed by atoms with Crippen LogP contribution in [-0.2, 0) is 13.1 Å². The number of hydrogen-bond acceptors (Lipinski definition) is 4. The molecule has 2 rings (SSSR count). The van der Waals surface area contributed by atoms with Gasteiger partial charge in [0.1, 0.15) is 5.75 Å². The van der Waals surface area contributed by atoms with E-state index in [1.54, 1.807) is 18.3 Å². The van der Waals surface area contributed by atoms with E-state index in [0.717, 1.165) is 18.8 Å². The summed E-state index contributed by atoms with van der Waals surface area (Å²) in [6, 6.07) is 5.36. The van der Waals surface area contributed by atoms with Gasteiger partial charge in [-0.25, -0.2) is 0 Å². The van der Waals surface area contributed by atoms with Crippen molar-refractivity contribution < 1.29 is 5.11 Å². The van der Waals surface area contributed by atoms with E-state index in [9.17, 15) is 5.11 Å². The minimum atomic E-state index is 0.238. The minimum Gasteiger partial charge on any atom is -0.506 e. The zero-order valence-electron chi connectivity index (χ0n) is 9.80. The van der Waals surface area contributed by atoms with E-state index >= 15 is 0 Å². The Morgan fingerprint density at radius 3 is 3.06 bits per heavy atom. The van der Waals surface area contributed by atoms with E-state index in [2.05, 4.69) is 15.4 Å². The molecule has 2 heterocycles. The fourth-order valence-corrected chi connectivity index (χ4v) is 1.57. The monoisotopic (exact) mass is 232 g/mol. The molecule has 0 unspecified atom stereocenters. The first-order valence-corrected chi connectivity index (χ1v) is 5.59. The first-order valence-electron chi connectivity index (χ1n) is 5.59. The number of nitrogens with zero attached hydrogens (tertiary/aromatic N) is 3. The van der Waals surface area contributed by atoms with Crippen molar-refractivity contribution in [1.82, 2.24) is 20.1 Å². The third-order valence-corrected chi connectivity index (χ3v) is 2.46. The number of aromatic nitrogens is 3. The van der Waals surface area contributed by atoms with Crippen LogP contribution in [0.5, 0.6) is 5.75 Å². The van der Waals surface area contributed by atoms with E-state index in [4.69, 9.17) is 0 Å². The summed E-state index contributed by atoms with van der Waals surface area (Å²) >= 11 is 0. The molecule has 0 aliphatic rings. The molecule has 0 fully saturated rings. The Balaban J connectivity index is 1.80. The number of rotatable bonds is 5. The molecule has 17 heavy (non-hydrogen) atoms. The highest BCUT2D eigenvalue weighted by Gasteiger charge is 2.02. The summed E-state index contributed by atoms with van der Waals surface area (Å²) in [4.78, 5) is 4.27. The van der Waals surface area contributed by atoms with Crippen LogP contribution in [0, 0.1) is 6.92 Å². The van der Waals surface area contributed by atoms with Gasteiger partial charge in [-0.05, 0) is 25.1 Å². The number of aryl methyl sites for hydroxylation is 1. The summed E-state index contributed by atoms with van der Waals surface area (Å²) in [5.74, 6) is 0.238. The molecule has 0 saturated heterocycles. The van der Waals surface area contributed by atoms with Crippen molar-refractivity contribution in [3.8, 4) is 5.75 Å². The van der Waals surface area contributed by atoms with Crippen LogP contribution in [0.25, 0.3) is 0 Å². The largest absolute Gasteiger partial charge is 0.506 e. The van der Waals surface area contributed by atoms with Crippen LogP contribution in [0.15, 0.2) is 30.6 Å². The molecule has 90 valence electrons. The van der Waals surface area contributed by atoms with Crippen molar-refractivity contribution >= 4 is 0 Å². The van der Waals surface area contributed by atoms with Crippen LogP contribution in [0.4, 0.5) is 0 Å². The fraction of sp³-hybridized carbons (Fsp3) is 0.333. The number of hydrogen-bond donors (Lipinski definition) is 2. The average Bonchev–Trinajstić information content (AvgIpc) is 2.82. The van der Waals surface area contributed by atoms with Gasteiger partial charge < -0.3 is 10.4 Å². The van der Waals surface area contributed by atoms with Crippen LogP contribution in [0.1, 0.15) is 11.4 Å². The Hall–Kier alpha value is -1.88. The SMILES string of the molecule is Cc1ccc(O)c(CNCCn2cccn2)n1. The van der Waals surface area contributed by atoms with E-state index in [1.165, 1.54) is 0 Å². The predicted molar refractivity (Wildman–Crippen MR) is 64.6 cm³/mol. The van der Waals surface area contributed by atoms with Crippen LogP contribution in [0.3, 0.4) is 0 Å². The van der Waals surface area contributed by atoms with Gasteiger partial charge in [-0.1, -0.05) is 0 Å². The van der Waals surface area contributed by atoms with Crippen LogP contribution in [-0.4, -0.2) is 26.4 Å². The lowest BCUT2D eigenvalue weighted by Gasteiger charge is -2.07. The Kier molecular flexibility index (Phi) is 3.72. The second kappa shape index (κ2) is 5.45. The minimum absolute atomic E-state index is 0.238. The van der Waals surface area contributed by atoms with Gasteiger partial charge in [0.05, 0.1) is 12.2 Å². The summed E-state index contributed by atoms with van der Waals surface area (Å²) in [6.07, 6.45) is 3.68. The summed E-state index contributed by atoms with van der Waals surface area (Å²) in [5, 5.41) is 16.9. The molecule has 0 aliphatic heterocycles. The van der Waals surface area contributed by atoms with Gasteiger partial charge in [0.2, 0.25) is 0 Å². The molecule has 0 radical (unpaired) electrons. The molecule has 5 nitrogen and oxygen atoms in total. The van der Waals surface area contributed by atoms with Crippen molar-refractivity contribution in [2.75, 3.05) is 6.54 Å². The Bertz CT molecular complexity index is 467. The summed E-state index contributed by atoms with van der Waals surface area (Å²) in [5.41, 5.74) is 1.59. The van der Waals surface area contributed by atoms with Crippen molar-refractivity contribution in [3.63, 3.8) is 0 Å². The van der Waals surface area contributed by atoms with E-state index in [1.807, 2.05) is 23.9 Å². The summed E-state index contributed by atoms with van der Waals surface area (Å²) in [6.45, 7) is 4.07. The van der Waals surface area contributed by atoms with E-state index in [0.29, 0.717) is 12.2 Å². The maximum Gasteiger partial charge on any atom is 0.138 e. The fourth-order valence-electron chi connectivity index (χ4n) is 1.57. The van der Waals surface area contributed by atoms with Gasteiger partial charge in [0.25, 0.3) is 0 Å². The van der Waals surface area contributed by atoms with Crippen LogP contribution in [0.2, 0.25) is 0 Å².